The summed E-state index contributed by atoms with van der Waals surface area (Å²) in [6.45, 7) is 2.62. The summed E-state index contributed by atoms with van der Waals surface area (Å²) in [6, 6.07) is 5.27. The van der Waals surface area contributed by atoms with Gasteiger partial charge in [-0.3, -0.25) is 18.8 Å². The second-order valence-electron chi connectivity index (χ2n) is 8.46. The van der Waals surface area contributed by atoms with E-state index in [0.717, 1.165) is 25.9 Å². The molecule has 0 unspecified atom stereocenters. The van der Waals surface area contributed by atoms with E-state index in [1.807, 2.05) is 4.90 Å². The van der Waals surface area contributed by atoms with Crippen LogP contribution in [0.15, 0.2) is 35.4 Å². The number of carbonyl (C=O) groups is 2. The van der Waals surface area contributed by atoms with Crippen molar-refractivity contribution in [2.24, 2.45) is 11.3 Å². The molecule has 7 nitrogen and oxygen atoms in total. The largest absolute Gasteiger partial charge is 0.342 e. The van der Waals surface area contributed by atoms with Gasteiger partial charge >= 0.3 is 0 Å². The Hall–Kier alpha value is -2.70. The number of fused-ring (bicyclic) bond motifs is 1. The van der Waals surface area contributed by atoms with Crippen LogP contribution in [0.5, 0.6) is 0 Å². The number of rotatable bonds is 3. The van der Waals surface area contributed by atoms with Gasteiger partial charge in [0.05, 0.1) is 5.41 Å². The number of pyridine rings is 1. The molecule has 1 atom stereocenters. The number of hydrogen-bond acceptors (Lipinski definition) is 4. The maximum absolute atomic E-state index is 13.2. The summed E-state index contributed by atoms with van der Waals surface area (Å²) in [6.07, 6.45) is 7.93. The molecule has 146 valence electrons. The highest BCUT2D eigenvalue weighted by Gasteiger charge is 2.50. The maximum atomic E-state index is 13.2. The number of aromatic nitrogens is 2. The molecule has 3 aliphatic rings. The first kappa shape index (κ1) is 17.4. The summed E-state index contributed by atoms with van der Waals surface area (Å²) in [4.78, 5) is 46.9. The molecule has 2 aliphatic heterocycles. The van der Waals surface area contributed by atoms with E-state index in [0.29, 0.717) is 31.1 Å². The second-order valence-corrected chi connectivity index (χ2v) is 8.46. The molecule has 2 aromatic rings. The molecular weight excluding hydrogens is 356 g/mol. The molecule has 0 aromatic carbocycles. The van der Waals surface area contributed by atoms with Gasteiger partial charge < -0.3 is 9.80 Å². The Balaban J connectivity index is 1.38. The Morgan fingerprint density at radius 3 is 2.86 bits per heavy atom. The molecule has 0 radical (unpaired) electrons. The number of carbonyl (C=O) groups excluding carboxylic acids is 2. The van der Waals surface area contributed by atoms with Crippen molar-refractivity contribution < 1.29 is 9.59 Å². The third-order valence-electron chi connectivity index (χ3n) is 6.48. The lowest BCUT2D eigenvalue weighted by Gasteiger charge is -2.39. The van der Waals surface area contributed by atoms with Gasteiger partial charge in [0.2, 0.25) is 5.91 Å². The van der Waals surface area contributed by atoms with Gasteiger partial charge in [-0.25, -0.2) is 4.98 Å². The van der Waals surface area contributed by atoms with Gasteiger partial charge in [0.25, 0.3) is 11.5 Å². The van der Waals surface area contributed by atoms with Crippen molar-refractivity contribution in [3.05, 3.63) is 46.5 Å². The van der Waals surface area contributed by atoms with Crippen LogP contribution in [0.2, 0.25) is 0 Å². The normalized spacial score (nSPS) is 25.1. The van der Waals surface area contributed by atoms with E-state index >= 15 is 0 Å². The highest BCUT2D eigenvalue weighted by atomic mass is 16.2. The monoisotopic (exact) mass is 380 g/mol. The van der Waals surface area contributed by atoms with Gasteiger partial charge in [0, 0.05) is 38.6 Å². The molecule has 4 heterocycles. The zero-order valence-electron chi connectivity index (χ0n) is 15.8. The fraction of sp³-hybridized carbons (Fsp3) is 0.524. The number of nitrogens with zero attached hydrogens (tertiary/aromatic N) is 4. The first-order valence-corrected chi connectivity index (χ1v) is 10.1. The van der Waals surface area contributed by atoms with Crippen LogP contribution in [0.1, 0.15) is 42.5 Å². The summed E-state index contributed by atoms with van der Waals surface area (Å²) < 4.78 is 1.39. The molecule has 1 spiro atoms. The predicted molar refractivity (Wildman–Crippen MR) is 103 cm³/mol. The van der Waals surface area contributed by atoms with Gasteiger partial charge in [-0.1, -0.05) is 6.07 Å². The van der Waals surface area contributed by atoms with E-state index < -0.39 is 5.41 Å². The Morgan fingerprint density at radius 1 is 1.18 bits per heavy atom. The minimum absolute atomic E-state index is 0.0684. The van der Waals surface area contributed by atoms with Crippen LogP contribution in [0, 0.1) is 11.3 Å². The standard InChI is InChI=1S/C21H24N4O3/c26-18(16-12-22-17-4-1-2-10-25(17)19(16)27)24-11-8-21(14-24)7-3-9-23(20(21)28)13-15-5-6-15/h1-2,4,10,12,15H,3,5-9,11,13-14H2/t21-/m0/s1. The zero-order valence-corrected chi connectivity index (χ0v) is 15.8. The second kappa shape index (κ2) is 6.43. The van der Waals surface area contributed by atoms with Gasteiger partial charge in [-0.2, -0.15) is 0 Å². The highest BCUT2D eigenvalue weighted by molar-refractivity contribution is 5.95. The molecule has 7 heteroatoms. The first-order valence-electron chi connectivity index (χ1n) is 10.1. The third kappa shape index (κ3) is 2.80. The van der Waals surface area contributed by atoms with Crippen molar-refractivity contribution in [3.8, 4) is 0 Å². The van der Waals surface area contributed by atoms with Crippen LogP contribution in [-0.2, 0) is 4.79 Å². The van der Waals surface area contributed by atoms with Crippen LogP contribution < -0.4 is 5.56 Å². The molecule has 28 heavy (non-hydrogen) atoms. The summed E-state index contributed by atoms with van der Waals surface area (Å²) in [5.74, 6) is 0.552. The Morgan fingerprint density at radius 2 is 2.04 bits per heavy atom. The molecule has 0 N–H and O–H groups in total. The Kier molecular flexibility index (Phi) is 4.00. The van der Waals surface area contributed by atoms with E-state index in [1.54, 1.807) is 29.3 Å². The average Bonchev–Trinajstić information content (AvgIpc) is 3.43. The molecule has 1 aliphatic carbocycles. The van der Waals surface area contributed by atoms with Crippen molar-refractivity contribution >= 4 is 17.5 Å². The quantitative estimate of drug-likeness (QED) is 0.810. The maximum Gasteiger partial charge on any atom is 0.270 e. The van der Waals surface area contributed by atoms with Gasteiger partial charge in [-0.05, 0) is 50.2 Å². The highest BCUT2D eigenvalue weighted by Crippen LogP contribution is 2.41. The summed E-state index contributed by atoms with van der Waals surface area (Å²) in [5, 5.41) is 0. The van der Waals surface area contributed by atoms with Crippen LogP contribution >= 0.6 is 0 Å². The molecule has 1 saturated carbocycles. The lowest BCUT2D eigenvalue weighted by Crippen LogP contribution is -2.51. The van der Waals surface area contributed by atoms with Crippen molar-refractivity contribution in [1.82, 2.24) is 19.2 Å². The number of piperidine rings is 1. The van der Waals surface area contributed by atoms with E-state index in [9.17, 15) is 14.4 Å². The lowest BCUT2D eigenvalue weighted by molar-refractivity contribution is -0.145. The Labute approximate surface area is 163 Å². The first-order chi connectivity index (χ1) is 13.6. The SMILES string of the molecule is O=C(c1cnc2ccccn2c1=O)N1CC[C@@]2(CCCN(CC3CC3)C2=O)C1. The average molecular weight is 380 g/mol. The topological polar surface area (TPSA) is 75.0 Å². The van der Waals surface area contributed by atoms with Crippen molar-refractivity contribution in [1.29, 1.82) is 0 Å². The third-order valence-corrected chi connectivity index (χ3v) is 6.48. The van der Waals surface area contributed by atoms with Crippen LogP contribution in [0.25, 0.3) is 5.65 Å². The molecule has 3 fully saturated rings. The van der Waals surface area contributed by atoms with Crippen molar-refractivity contribution in [2.75, 3.05) is 26.2 Å². The molecule has 2 saturated heterocycles. The minimum atomic E-state index is -0.469. The van der Waals surface area contributed by atoms with Crippen LogP contribution in [0.4, 0.5) is 0 Å². The van der Waals surface area contributed by atoms with Crippen LogP contribution in [0.3, 0.4) is 0 Å². The lowest BCUT2D eigenvalue weighted by atomic mass is 9.78. The summed E-state index contributed by atoms with van der Waals surface area (Å²) in [7, 11) is 0. The van der Waals surface area contributed by atoms with E-state index in [2.05, 4.69) is 4.98 Å². The van der Waals surface area contributed by atoms with Crippen LogP contribution in [-0.4, -0.2) is 57.2 Å². The Bertz CT molecular complexity index is 1010. The van der Waals surface area contributed by atoms with Gasteiger partial charge in [-0.15, -0.1) is 0 Å². The van der Waals surface area contributed by atoms with Gasteiger partial charge in [0.15, 0.2) is 0 Å². The molecular formula is C21H24N4O3. The van der Waals surface area contributed by atoms with E-state index in [4.69, 9.17) is 0 Å². The predicted octanol–water partition coefficient (Wildman–Crippen LogP) is 1.56. The van der Waals surface area contributed by atoms with E-state index in [-0.39, 0.29) is 22.9 Å². The fourth-order valence-electron chi connectivity index (χ4n) is 4.71. The number of hydrogen-bond donors (Lipinski definition) is 0. The fourth-order valence-corrected chi connectivity index (χ4v) is 4.71. The molecule has 0 bridgehead atoms. The van der Waals surface area contributed by atoms with Crippen molar-refractivity contribution in [3.63, 3.8) is 0 Å². The summed E-state index contributed by atoms with van der Waals surface area (Å²) in [5.41, 5.74) is -0.246. The van der Waals surface area contributed by atoms with Gasteiger partial charge in [0.1, 0.15) is 11.2 Å². The smallest absolute Gasteiger partial charge is 0.270 e. The number of likely N-dealkylation sites (tertiary alicyclic amines) is 2. The summed E-state index contributed by atoms with van der Waals surface area (Å²) >= 11 is 0. The molecule has 5 rings (SSSR count). The van der Waals surface area contributed by atoms with E-state index in [1.165, 1.54) is 23.4 Å². The molecule has 2 aromatic heterocycles. The zero-order chi connectivity index (χ0) is 19.3. The number of amides is 2. The van der Waals surface area contributed by atoms with Crippen molar-refractivity contribution in [2.45, 2.75) is 32.1 Å². The molecule has 2 amide bonds. The minimum Gasteiger partial charge on any atom is -0.342 e.